The van der Waals surface area contributed by atoms with Gasteiger partial charge < -0.3 is 10.1 Å². The van der Waals surface area contributed by atoms with Crippen LogP contribution in [-0.2, 0) is 6.42 Å². The van der Waals surface area contributed by atoms with Gasteiger partial charge in [-0.25, -0.2) is 0 Å². The average molecular weight is 245 g/mol. The minimum atomic E-state index is 0.419. The molecule has 1 heterocycles. The fraction of sp³-hybridized carbons (Fsp3) is 0.625. The van der Waals surface area contributed by atoms with E-state index in [9.17, 15) is 0 Å². The number of fused-ring (bicyclic) bond motifs is 1. The van der Waals surface area contributed by atoms with E-state index in [2.05, 4.69) is 36.6 Å². The summed E-state index contributed by atoms with van der Waals surface area (Å²) in [7, 11) is 2.09. The Morgan fingerprint density at radius 2 is 2.17 bits per heavy atom. The summed E-state index contributed by atoms with van der Waals surface area (Å²) in [5.74, 6) is 1.96. The quantitative estimate of drug-likeness (QED) is 0.883. The highest BCUT2D eigenvalue weighted by molar-refractivity contribution is 5.37. The minimum Gasteiger partial charge on any atom is -0.490 e. The van der Waals surface area contributed by atoms with Gasteiger partial charge in [0.05, 0.1) is 0 Å². The SMILES string of the molecule is CNC1CCCC(CC2Cc3ccccc3O2)C1. The van der Waals surface area contributed by atoms with Crippen LogP contribution in [0.1, 0.15) is 37.7 Å². The maximum absolute atomic E-state index is 6.06. The van der Waals surface area contributed by atoms with Crippen LogP contribution in [0.4, 0.5) is 0 Å². The summed E-state index contributed by atoms with van der Waals surface area (Å²) in [6.45, 7) is 0. The Kier molecular flexibility index (Phi) is 3.55. The lowest BCUT2D eigenvalue weighted by molar-refractivity contribution is 0.166. The molecule has 1 aliphatic carbocycles. The Morgan fingerprint density at radius 1 is 1.28 bits per heavy atom. The molecule has 3 atom stereocenters. The monoisotopic (exact) mass is 245 g/mol. The Labute approximate surface area is 110 Å². The van der Waals surface area contributed by atoms with Crippen LogP contribution in [0.15, 0.2) is 24.3 Å². The fourth-order valence-electron chi connectivity index (χ4n) is 3.52. The van der Waals surface area contributed by atoms with Crippen molar-refractivity contribution in [1.29, 1.82) is 0 Å². The van der Waals surface area contributed by atoms with Crippen molar-refractivity contribution in [3.05, 3.63) is 29.8 Å². The highest BCUT2D eigenvalue weighted by Gasteiger charge is 2.28. The van der Waals surface area contributed by atoms with Gasteiger partial charge in [0.1, 0.15) is 11.9 Å². The maximum atomic E-state index is 6.06. The standard InChI is InChI=1S/C16H23NO/c1-17-14-7-4-5-12(9-14)10-15-11-13-6-2-3-8-16(13)18-15/h2-3,6,8,12,14-15,17H,4-5,7,9-11H2,1H3. The number of hydrogen-bond donors (Lipinski definition) is 1. The smallest absolute Gasteiger partial charge is 0.123 e. The zero-order valence-corrected chi connectivity index (χ0v) is 11.2. The molecule has 2 heteroatoms. The molecule has 2 nitrogen and oxygen atoms in total. The van der Waals surface area contributed by atoms with E-state index >= 15 is 0 Å². The molecule has 0 bridgehead atoms. The predicted molar refractivity (Wildman–Crippen MR) is 74.0 cm³/mol. The van der Waals surface area contributed by atoms with Crippen LogP contribution < -0.4 is 10.1 Å². The lowest BCUT2D eigenvalue weighted by Crippen LogP contribution is -2.33. The van der Waals surface area contributed by atoms with Gasteiger partial charge in [0.15, 0.2) is 0 Å². The van der Waals surface area contributed by atoms with Crippen molar-refractivity contribution in [2.24, 2.45) is 5.92 Å². The average Bonchev–Trinajstić information content (AvgIpc) is 2.81. The van der Waals surface area contributed by atoms with Crippen LogP contribution in [0.2, 0.25) is 0 Å². The first-order valence-corrected chi connectivity index (χ1v) is 7.27. The third-order valence-corrected chi connectivity index (χ3v) is 4.50. The predicted octanol–water partition coefficient (Wildman–Crippen LogP) is 3.16. The summed E-state index contributed by atoms with van der Waals surface area (Å²) in [5, 5.41) is 3.44. The number of rotatable bonds is 3. The number of hydrogen-bond acceptors (Lipinski definition) is 2. The zero-order valence-electron chi connectivity index (χ0n) is 11.2. The van der Waals surface area contributed by atoms with Crippen LogP contribution in [-0.4, -0.2) is 19.2 Å². The highest BCUT2D eigenvalue weighted by atomic mass is 16.5. The first-order valence-electron chi connectivity index (χ1n) is 7.27. The Balaban J connectivity index is 1.56. The molecule has 18 heavy (non-hydrogen) atoms. The van der Waals surface area contributed by atoms with Gasteiger partial charge in [-0.15, -0.1) is 0 Å². The molecule has 1 aliphatic heterocycles. The maximum Gasteiger partial charge on any atom is 0.123 e. The Hall–Kier alpha value is -1.02. The van der Waals surface area contributed by atoms with E-state index in [4.69, 9.17) is 4.74 Å². The van der Waals surface area contributed by atoms with Crippen LogP contribution >= 0.6 is 0 Å². The minimum absolute atomic E-state index is 0.419. The summed E-state index contributed by atoms with van der Waals surface area (Å²) in [6.07, 6.45) is 8.18. The van der Waals surface area contributed by atoms with Gasteiger partial charge in [-0.2, -0.15) is 0 Å². The van der Waals surface area contributed by atoms with Crippen molar-refractivity contribution < 1.29 is 4.74 Å². The molecule has 0 radical (unpaired) electrons. The topological polar surface area (TPSA) is 21.3 Å². The van der Waals surface area contributed by atoms with Crippen molar-refractivity contribution in [2.75, 3.05) is 7.05 Å². The number of para-hydroxylation sites is 1. The lowest BCUT2D eigenvalue weighted by atomic mass is 9.82. The van der Waals surface area contributed by atoms with E-state index in [1.165, 1.54) is 37.7 Å². The van der Waals surface area contributed by atoms with Crippen LogP contribution in [0.25, 0.3) is 0 Å². The second-order valence-corrected chi connectivity index (χ2v) is 5.81. The van der Waals surface area contributed by atoms with Gasteiger partial charge in [-0.3, -0.25) is 0 Å². The molecule has 0 spiro atoms. The molecule has 1 aromatic rings. The summed E-state index contributed by atoms with van der Waals surface area (Å²) in [4.78, 5) is 0. The van der Waals surface area contributed by atoms with Crippen molar-refractivity contribution in [1.82, 2.24) is 5.32 Å². The summed E-state index contributed by atoms with van der Waals surface area (Å²) in [5.41, 5.74) is 1.39. The molecule has 2 aliphatic rings. The second kappa shape index (κ2) is 5.31. The molecule has 0 aromatic heterocycles. The van der Waals surface area contributed by atoms with Crippen molar-refractivity contribution >= 4 is 0 Å². The molecular weight excluding hydrogens is 222 g/mol. The molecule has 0 amide bonds. The van der Waals surface area contributed by atoms with Crippen LogP contribution in [0.3, 0.4) is 0 Å². The molecule has 1 saturated carbocycles. The van der Waals surface area contributed by atoms with Crippen molar-refractivity contribution in [3.63, 3.8) is 0 Å². The molecule has 98 valence electrons. The number of ether oxygens (including phenoxy) is 1. The number of nitrogens with one attached hydrogen (secondary N) is 1. The van der Waals surface area contributed by atoms with E-state index in [1.807, 2.05) is 0 Å². The Morgan fingerprint density at radius 3 is 3.00 bits per heavy atom. The van der Waals surface area contributed by atoms with Crippen molar-refractivity contribution in [2.45, 2.75) is 50.7 Å². The molecule has 1 aromatic carbocycles. The highest BCUT2D eigenvalue weighted by Crippen LogP contribution is 2.34. The lowest BCUT2D eigenvalue weighted by Gasteiger charge is -2.30. The van der Waals surface area contributed by atoms with Crippen LogP contribution in [0.5, 0.6) is 5.75 Å². The zero-order chi connectivity index (χ0) is 12.4. The third kappa shape index (κ3) is 2.54. The molecule has 1 fully saturated rings. The van der Waals surface area contributed by atoms with Gasteiger partial charge in [0, 0.05) is 12.5 Å². The first-order chi connectivity index (χ1) is 8.85. The molecule has 1 N–H and O–H groups in total. The Bertz CT molecular complexity index is 379. The molecule has 3 rings (SSSR count). The molecule has 3 unspecified atom stereocenters. The van der Waals surface area contributed by atoms with Gasteiger partial charge in [0.2, 0.25) is 0 Å². The summed E-state index contributed by atoms with van der Waals surface area (Å²) in [6, 6.07) is 9.22. The molecular formula is C16H23NO. The molecule has 0 saturated heterocycles. The van der Waals surface area contributed by atoms with Gasteiger partial charge in [-0.1, -0.05) is 31.0 Å². The van der Waals surface area contributed by atoms with Gasteiger partial charge in [0.25, 0.3) is 0 Å². The van der Waals surface area contributed by atoms with Crippen molar-refractivity contribution in [3.8, 4) is 5.75 Å². The normalized spacial score (nSPS) is 30.8. The number of benzene rings is 1. The van der Waals surface area contributed by atoms with E-state index in [0.717, 1.165) is 24.1 Å². The third-order valence-electron chi connectivity index (χ3n) is 4.50. The largest absolute Gasteiger partial charge is 0.490 e. The first kappa shape index (κ1) is 12.0. The fourth-order valence-corrected chi connectivity index (χ4v) is 3.52. The second-order valence-electron chi connectivity index (χ2n) is 5.81. The van der Waals surface area contributed by atoms with E-state index in [0.29, 0.717) is 6.10 Å². The van der Waals surface area contributed by atoms with E-state index in [-0.39, 0.29) is 0 Å². The van der Waals surface area contributed by atoms with Crippen LogP contribution in [0, 0.1) is 5.92 Å². The summed E-state index contributed by atoms with van der Waals surface area (Å²) < 4.78 is 6.06. The van der Waals surface area contributed by atoms with Gasteiger partial charge in [-0.05, 0) is 43.9 Å². The summed E-state index contributed by atoms with van der Waals surface area (Å²) >= 11 is 0. The van der Waals surface area contributed by atoms with Gasteiger partial charge >= 0.3 is 0 Å². The van der Waals surface area contributed by atoms with E-state index < -0.39 is 0 Å². The van der Waals surface area contributed by atoms with E-state index in [1.54, 1.807) is 0 Å².